The van der Waals surface area contributed by atoms with E-state index in [0.717, 1.165) is 31.5 Å². The van der Waals surface area contributed by atoms with Crippen molar-refractivity contribution in [3.8, 4) is 5.75 Å². The molecule has 1 atom stereocenters. The number of alkyl halides is 3. The van der Waals surface area contributed by atoms with Gasteiger partial charge >= 0.3 is 6.36 Å². The number of hydrogen-bond acceptors (Lipinski definition) is 4. The largest absolute Gasteiger partial charge is 0.573 e. The van der Waals surface area contributed by atoms with Crippen molar-refractivity contribution in [3.05, 3.63) is 48.0 Å². The molecule has 3 rings (SSSR count). The van der Waals surface area contributed by atoms with Crippen molar-refractivity contribution in [3.63, 3.8) is 0 Å². The fourth-order valence-electron chi connectivity index (χ4n) is 3.35. The molecule has 1 aromatic carbocycles. The summed E-state index contributed by atoms with van der Waals surface area (Å²) >= 11 is 0. The summed E-state index contributed by atoms with van der Waals surface area (Å²) in [5.74, 6) is 0.636. The highest BCUT2D eigenvalue weighted by Crippen LogP contribution is 2.30. The number of rotatable bonds is 5. The molecule has 1 aromatic heterocycles. The number of aromatic nitrogens is 2. The summed E-state index contributed by atoms with van der Waals surface area (Å²) in [6.07, 6.45) is -0.0417. The van der Waals surface area contributed by atoms with E-state index in [4.69, 9.17) is 0 Å². The van der Waals surface area contributed by atoms with Crippen molar-refractivity contribution in [2.45, 2.75) is 31.9 Å². The molecule has 1 N–H and O–H groups in total. The number of nitrogens with zero attached hydrogens (tertiary/aromatic N) is 3. The lowest BCUT2D eigenvalue weighted by Gasteiger charge is -2.34. The number of aryl methyl sites for hydroxylation is 1. The van der Waals surface area contributed by atoms with Gasteiger partial charge in [-0.05, 0) is 49.5 Å². The lowest BCUT2D eigenvalue weighted by Crippen LogP contribution is -2.35. The molecule has 2 heterocycles. The van der Waals surface area contributed by atoms with Gasteiger partial charge in [0.1, 0.15) is 17.7 Å². The molecule has 1 saturated heterocycles. The third-order valence-electron chi connectivity index (χ3n) is 4.76. The summed E-state index contributed by atoms with van der Waals surface area (Å²) in [5, 5.41) is 10.5. The van der Waals surface area contributed by atoms with Crippen molar-refractivity contribution < 1.29 is 23.0 Å². The molecule has 142 valence electrons. The molecule has 0 spiro atoms. The second-order valence-electron chi connectivity index (χ2n) is 6.65. The molecule has 0 amide bonds. The fourth-order valence-corrected chi connectivity index (χ4v) is 3.35. The van der Waals surface area contributed by atoms with Crippen LogP contribution in [-0.2, 0) is 13.6 Å². The Bertz CT molecular complexity index is 707. The molecule has 1 fully saturated rings. The smallest absolute Gasteiger partial charge is 0.406 e. The topological polar surface area (TPSA) is 50.5 Å². The first-order valence-electron chi connectivity index (χ1n) is 8.54. The van der Waals surface area contributed by atoms with E-state index in [1.54, 1.807) is 18.3 Å². The van der Waals surface area contributed by atoms with E-state index >= 15 is 0 Å². The number of likely N-dealkylation sites (tertiary alicyclic amines) is 1. The van der Waals surface area contributed by atoms with Crippen molar-refractivity contribution >= 4 is 0 Å². The lowest BCUT2D eigenvalue weighted by atomic mass is 9.90. The fraction of sp³-hybridized carbons (Fsp3) is 0.500. The molecule has 0 bridgehead atoms. The van der Waals surface area contributed by atoms with Gasteiger partial charge in [-0.15, -0.1) is 13.2 Å². The van der Waals surface area contributed by atoms with Crippen molar-refractivity contribution in [2.24, 2.45) is 13.0 Å². The van der Waals surface area contributed by atoms with E-state index in [-0.39, 0.29) is 11.7 Å². The first-order valence-corrected chi connectivity index (χ1v) is 8.54. The van der Waals surface area contributed by atoms with Crippen molar-refractivity contribution in [1.29, 1.82) is 0 Å². The highest BCUT2D eigenvalue weighted by atomic mass is 19.4. The monoisotopic (exact) mass is 369 g/mol. The standard InChI is InChI=1S/C18H22F3N3O2/c1-23-11-8-22-17(23)16(25)14-6-9-24(10-7-14)12-13-2-4-15(5-3-13)26-18(19,20)21/h2-5,8,11,14,16,25H,6-7,9-10,12H2,1H3/t16-/m0/s1. The second kappa shape index (κ2) is 7.67. The van der Waals surface area contributed by atoms with Crippen LogP contribution in [0.4, 0.5) is 13.2 Å². The Morgan fingerprint density at radius 3 is 2.42 bits per heavy atom. The summed E-state index contributed by atoms with van der Waals surface area (Å²) < 4.78 is 42.3. The molecule has 0 aliphatic carbocycles. The minimum Gasteiger partial charge on any atom is -0.406 e. The number of halogens is 3. The van der Waals surface area contributed by atoms with Crippen LogP contribution < -0.4 is 4.74 Å². The maximum absolute atomic E-state index is 12.2. The second-order valence-corrected chi connectivity index (χ2v) is 6.65. The maximum atomic E-state index is 12.2. The molecule has 1 aliphatic rings. The summed E-state index contributed by atoms with van der Waals surface area (Å²) in [6.45, 7) is 2.32. The first kappa shape index (κ1) is 18.7. The SMILES string of the molecule is Cn1ccnc1[C@@H](O)C1CCN(Cc2ccc(OC(F)(F)F)cc2)CC1. The van der Waals surface area contributed by atoms with E-state index < -0.39 is 12.5 Å². The highest BCUT2D eigenvalue weighted by Gasteiger charge is 2.31. The van der Waals surface area contributed by atoms with E-state index in [1.807, 2.05) is 17.8 Å². The molecule has 2 aromatic rings. The molecule has 0 saturated carbocycles. The van der Waals surface area contributed by atoms with Crippen LogP contribution in [0.1, 0.15) is 30.3 Å². The summed E-state index contributed by atoms with van der Waals surface area (Å²) in [7, 11) is 1.87. The highest BCUT2D eigenvalue weighted by molar-refractivity contribution is 5.27. The third kappa shape index (κ3) is 4.76. The van der Waals surface area contributed by atoms with Crippen molar-refractivity contribution in [1.82, 2.24) is 14.5 Å². The predicted octanol–water partition coefficient (Wildman–Crippen LogP) is 3.26. The zero-order valence-electron chi connectivity index (χ0n) is 14.5. The Morgan fingerprint density at radius 1 is 1.23 bits per heavy atom. The van der Waals surface area contributed by atoms with E-state index in [1.165, 1.54) is 12.1 Å². The van der Waals surface area contributed by atoms with E-state index in [2.05, 4.69) is 14.6 Å². The lowest BCUT2D eigenvalue weighted by molar-refractivity contribution is -0.274. The van der Waals surface area contributed by atoms with Gasteiger partial charge in [-0.1, -0.05) is 12.1 Å². The number of aliphatic hydroxyl groups is 1. The average molecular weight is 369 g/mol. The molecule has 1 aliphatic heterocycles. The van der Waals surface area contributed by atoms with Crippen LogP contribution in [0.3, 0.4) is 0 Å². The summed E-state index contributed by atoms with van der Waals surface area (Å²) in [5.41, 5.74) is 0.933. The first-order chi connectivity index (χ1) is 12.3. The molecule has 5 nitrogen and oxygen atoms in total. The Hall–Kier alpha value is -2.06. The van der Waals surface area contributed by atoms with Gasteiger partial charge in [0.15, 0.2) is 0 Å². The minimum absolute atomic E-state index is 0.162. The van der Waals surface area contributed by atoms with Crippen LogP contribution in [-0.4, -0.2) is 39.0 Å². The molecule has 8 heteroatoms. The van der Waals surface area contributed by atoms with Gasteiger partial charge in [-0.25, -0.2) is 4.98 Å². The van der Waals surface area contributed by atoms with Crippen LogP contribution in [0.5, 0.6) is 5.75 Å². The molecule has 0 unspecified atom stereocenters. The molecular formula is C18H22F3N3O2. The van der Waals surface area contributed by atoms with Gasteiger partial charge in [-0.2, -0.15) is 0 Å². The normalized spacial score (nSPS) is 18.0. The van der Waals surface area contributed by atoms with Gasteiger partial charge in [0.25, 0.3) is 0 Å². The van der Waals surface area contributed by atoms with Crippen LogP contribution in [0.15, 0.2) is 36.7 Å². The Kier molecular flexibility index (Phi) is 5.52. The van der Waals surface area contributed by atoms with Crippen LogP contribution in [0, 0.1) is 5.92 Å². The van der Waals surface area contributed by atoms with E-state index in [9.17, 15) is 18.3 Å². The van der Waals surface area contributed by atoms with Gasteiger partial charge < -0.3 is 14.4 Å². The van der Waals surface area contributed by atoms with Gasteiger partial charge in [-0.3, -0.25) is 4.90 Å². The van der Waals surface area contributed by atoms with Gasteiger partial charge in [0, 0.05) is 26.0 Å². The van der Waals surface area contributed by atoms with Crippen molar-refractivity contribution in [2.75, 3.05) is 13.1 Å². The minimum atomic E-state index is -4.67. The van der Waals surface area contributed by atoms with Crippen LogP contribution >= 0.6 is 0 Å². The summed E-state index contributed by atoms with van der Waals surface area (Å²) in [4.78, 5) is 6.46. The summed E-state index contributed by atoms with van der Waals surface area (Å²) in [6, 6.07) is 5.96. The number of hydrogen-bond donors (Lipinski definition) is 1. The Balaban J connectivity index is 1.50. The number of imidazole rings is 1. The van der Waals surface area contributed by atoms with Crippen LogP contribution in [0.2, 0.25) is 0 Å². The number of ether oxygens (including phenoxy) is 1. The molecule has 0 radical (unpaired) electrons. The van der Waals surface area contributed by atoms with Crippen LogP contribution in [0.25, 0.3) is 0 Å². The number of piperidine rings is 1. The van der Waals surface area contributed by atoms with Gasteiger partial charge in [0.2, 0.25) is 0 Å². The average Bonchev–Trinajstić information content (AvgIpc) is 3.01. The zero-order chi connectivity index (χ0) is 18.7. The molecular weight excluding hydrogens is 347 g/mol. The quantitative estimate of drug-likeness (QED) is 0.879. The predicted molar refractivity (Wildman–Crippen MR) is 89.3 cm³/mol. The van der Waals surface area contributed by atoms with E-state index in [0.29, 0.717) is 12.4 Å². The number of aliphatic hydroxyl groups excluding tert-OH is 1. The zero-order valence-corrected chi connectivity index (χ0v) is 14.5. The Morgan fingerprint density at radius 2 is 1.88 bits per heavy atom. The molecule has 26 heavy (non-hydrogen) atoms. The third-order valence-corrected chi connectivity index (χ3v) is 4.76. The Labute approximate surface area is 150 Å². The van der Waals surface area contributed by atoms with Gasteiger partial charge in [0.05, 0.1) is 0 Å². The maximum Gasteiger partial charge on any atom is 0.573 e. The number of benzene rings is 1.